The molecule has 0 aromatic rings. The number of hydrogen-bond donors (Lipinski definition) is 2. The third kappa shape index (κ3) is 2.65. The molecule has 66 valence electrons. The minimum absolute atomic E-state index is 0.616. The van der Waals surface area contributed by atoms with Crippen LogP contribution in [0.2, 0.25) is 0 Å². The van der Waals surface area contributed by atoms with Crippen molar-refractivity contribution >= 4 is 12.6 Å². The number of hydrogen-bond acceptors (Lipinski definition) is 3. The van der Waals surface area contributed by atoms with Gasteiger partial charge >= 0.3 is 0 Å². The first kappa shape index (κ1) is 9.36. The maximum atomic E-state index is 4.29. The minimum Gasteiger partial charge on any atom is -0.312 e. The van der Waals surface area contributed by atoms with E-state index in [9.17, 15) is 0 Å². The highest BCUT2D eigenvalue weighted by Crippen LogP contribution is 2.05. The van der Waals surface area contributed by atoms with Crippen molar-refractivity contribution in [1.82, 2.24) is 10.2 Å². The van der Waals surface area contributed by atoms with Gasteiger partial charge in [-0.2, -0.15) is 12.6 Å². The molecule has 11 heavy (non-hydrogen) atoms. The monoisotopic (exact) mass is 174 g/mol. The summed E-state index contributed by atoms with van der Waals surface area (Å²) >= 11 is 4.29. The summed E-state index contributed by atoms with van der Waals surface area (Å²) in [7, 11) is 2.19. The summed E-state index contributed by atoms with van der Waals surface area (Å²) in [5.74, 6) is 0.959. The molecule has 1 aliphatic rings. The summed E-state index contributed by atoms with van der Waals surface area (Å²) in [6, 6.07) is 1.28. The molecule has 0 aromatic carbocycles. The van der Waals surface area contributed by atoms with Crippen molar-refractivity contribution < 1.29 is 0 Å². The molecule has 1 aliphatic heterocycles. The minimum atomic E-state index is 0.616. The quantitative estimate of drug-likeness (QED) is 0.566. The molecule has 0 spiro atoms. The lowest BCUT2D eigenvalue weighted by atomic mass is 10.2. The van der Waals surface area contributed by atoms with Crippen molar-refractivity contribution in [3.8, 4) is 0 Å². The highest BCUT2D eigenvalue weighted by Gasteiger charge is 2.17. The molecule has 0 aromatic heterocycles. The fourth-order valence-electron chi connectivity index (χ4n) is 1.33. The van der Waals surface area contributed by atoms with Crippen LogP contribution in [0.4, 0.5) is 0 Å². The zero-order valence-corrected chi connectivity index (χ0v) is 8.27. The van der Waals surface area contributed by atoms with E-state index >= 15 is 0 Å². The van der Waals surface area contributed by atoms with Crippen molar-refractivity contribution in [1.29, 1.82) is 0 Å². The van der Waals surface area contributed by atoms with E-state index in [1.54, 1.807) is 0 Å². The standard InChI is InChI=1S/C8H18N2S/c1-7-5-9-8(6-11)3-4-10(7)2/h7-9,11H,3-6H2,1-2H3/t7-,8-/m0/s1. The molecule has 0 amide bonds. The summed E-state index contributed by atoms with van der Waals surface area (Å²) in [5.41, 5.74) is 0. The number of nitrogens with one attached hydrogen (secondary N) is 1. The zero-order chi connectivity index (χ0) is 8.27. The van der Waals surface area contributed by atoms with Gasteiger partial charge in [-0.05, 0) is 26.9 Å². The molecule has 2 atom stereocenters. The first-order valence-corrected chi connectivity index (χ1v) is 4.91. The van der Waals surface area contributed by atoms with Crippen molar-refractivity contribution in [2.24, 2.45) is 0 Å². The molecule has 1 saturated heterocycles. The molecule has 3 heteroatoms. The smallest absolute Gasteiger partial charge is 0.0189 e. The molecular weight excluding hydrogens is 156 g/mol. The molecule has 1 fully saturated rings. The van der Waals surface area contributed by atoms with Gasteiger partial charge in [0.15, 0.2) is 0 Å². The van der Waals surface area contributed by atoms with Gasteiger partial charge in [0, 0.05) is 24.4 Å². The van der Waals surface area contributed by atoms with Gasteiger partial charge < -0.3 is 10.2 Å². The molecule has 0 radical (unpaired) electrons. The second-order valence-electron chi connectivity index (χ2n) is 3.41. The normalized spacial score (nSPS) is 35.2. The summed E-state index contributed by atoms with van der Waals surface area (Å²) in [6.45, 7) is 4.55. The van der Waals surface area contributed by atoms with Crippen LogP contribution in [0.15, 0.2) is 0 Å². The molecular formula is C8H18N2S. The van der Waals surface area contributed by atoms with Crippen LogP contribution in [-0.4, -0.2) is 42.9 Å². The lowest BCUT2D eigenvalue weighted by molar-refractivity contribution is 0.274. The van der Waals surface area contributed by atoms with Crippen LogP contribution in [0.1, 0.15) is 13.3 Å². The molecule has 0 bridgehead atoms. The van der Waals surface area contributed by atoms with Crippen LogP contribution >= 0.6 is 12.6 Å². The topological polar surface area (TPSA) is 15.3 Å². The molecule has 1 heterocycles. The van der Waals surface area contributed by atoms with Crippen LogP contribution in [-0.2, 0) is 0 Å². The molecule has 1 N–H and O–H groups in total. The predicted octanol–water partition coefficient (Wildman–Crippen LogP) is 0.598. The largest absolute Gasteiger partial charge is 0.312 e. The van der Waals surface area contributed by atoms with E-state index in [1.807, 2.05) is 0 Å². The van der Waals surface area contributed by atoms with E-state index < -0.39 is 0 Å². The molecule has 0 unspecified atom stereocenters. The lowest BCUT2D eigenvalue weighted by Crippen LogP contribution is -2.36. The van der Waals surface area contributed by atoms with Gasteiger partial charge in [0.25, 0.3) is 0 Å². The van der Waals surface area contributed by atoms with Crippen LogP contribution in [0.5, 0.6) is 0 Å². The van der Waals surface area contributed by atoms with E-state index in [1.165, 1.54) is 13.0 Å². The molecule has 0 aliphatic carbocycles. The fraction of sp³-hybridized carbons (Fsp3) is 1.00. The first-order valence-electron chi connectivity index (χ1n) is 4.28. The summed E-state index contributed by atoms with van der Waals surface area (Å²) in [4.78, 5) is 2.40. The third-order valence-corrected chi connectivity index (χ3v) is 2.95. The Balaban J connectivity index is 2.38. The SMILES string of the molecule is C[C@H]1CN[C@H](CS)CCN1C. The van der Waals surface area contributed by atoms with E-state index in [0.717, 1.165) is 12.3 Å². The van der Waals surface area contributed by atoms with E-state index in [2.05, 4.69) is 36.8 Å². The highest BCUT2D eigenvalue weighted by atomic mass is 32.1. The first-order chi connectivity index (χ1) is 5.24. The Morgan fingerprint density at radius 3 is 3.00 bits per heavy atom. The van der Waals surface area contributed by atoms with Gasteiger partial charge in [0.05, 0.1) is 0 Å². The van der Waals surface area contributed by atoms with Crippen molar-refractivity contribution in [3.63, 3.8) is 0 Å². The summed E-state index contributed by atoms with van der Waals surface area (Å²) in [6.07, 6.45) is 1.23. The molecule has 0 saturated carbocycles. The Labute approximate surface area is 74.8 Å². The highest BCUT2D eigenvalue weighted by molar-refractivity contribution is 7.80. The molecule has 1 rings (SSSR count). The number of rotatable bonds is 1. The lowest BCUT2D eigenvalue weighted by Gasteiger charge is -2.20. The average molecular weight is 174 g/mol. The van der Waals surface area contributed by atoms with Crippen molar-refractivity contribution in [2.45, 2.75) is 25.4 Å². The maximum Gasteiger partial charge on any atom is 0.0189 e. The van der Waals surface area contributed by atoms with Gasteiger partial charge in [0.1, 0.15) is 0 Å². The second-order valence-corrected chi connectivity index (χ2v) is 3.77. The van der Waals surface area contributed by atoms with E-state index in [-0.39, 0.29) is 0 Å². The second kappa shape index (κ2) is 4.33. The summed E-state index contributed by atoms with van der Waals surface area (Å²) < 4.78 is 0. The van der Waals surface area contributed by atoms with Crippen LogP contribution < -0.4 is 5.32 Å². The van der Waals surface area contributed by atoms with Crippen LogP contribution in [0.3, 0.4) is 0 Å². The number of nitrogens with zero attached hydrogens (tertiary/aromatic N) is 1. The molecule has 2 nitrogen and oxygen atoms in total. The maximum absolute atomic E-state index is 4.29. The third-order valence-electron chi connectivity index (χ3n) is 2.51. The Hall–Kier alpha value is 0.270. The Morgan fingerprint density at radius 2 is 2.36 bits per heavy atom. The van der Waals surface area contributed by atoms with Gasteiger partial charge in [-0.25, -0.2) is 0 Å². The van der Waals surface area contributed by atoms with Crippen LogP contribution in [0.25, 0.3) is 0 Å². The van der Waals surface area contributed by atoms with Gasteiger partial charge in [-0.3, -0.25) is 0 Å². The Bertz CT molecular complexity index is 107. The van der Waals surface area contributed by atoms with Crippen LogP contribution in [0, 0.1) is 0 Å². The average Bonchev–Trinajstić information content (AvgIpc) is 2.16. The number of thiol groups is 1. The van der Waals surface area contributed by atoms with Gasteiger partial charge in [0.2, 0.25) is 0 Å². The zero-order valence-electron chi connectivity index (χ0n) is 7.38. The van der Waals surface area contributed by atoms with Gasteiger partial charge in [-0.1, -0.05) is 0 Å². The predicted molar refractivity (Wildman–Crippen MR) is 52.4 cm³/mol. The van der Waals surface area contributed by atoms with E-state index in [0.29, 0.717) is 12.1 Å². The van der Waals surface area contributed by atoms with Gasteiger partial charge in [-0.15, -0.1) is 0 Å². The Morgan fingerprint density at radius 1 is 1.64 bits per heavy atom. The van der Waals surface area contributed by atoms with Crippen molar-refractivity contribution in [3.05, 3.63) is 0 Å². The number of likely N-dealkylation sites (N-methyl/N-ethyl adjacent to an activating group) is 1. The van der Waals surface area contributed by atoms with E-state index in [4.69, 9.17) is 0 Å². The summed E-state index contributed by atoms with van der Waals surface area (Å²) in [5, 5.41) is 3.49. The Kier molecular flexibility index (Phi) is 3.69. The fourth-order valence-corrected chi connectivity index (χ4v) is 1.64. The van der Waals surface area contributed by atoms with Crippen molar-refractivity contribution in [2.75, 3.05) is 25.9 Å².